The molecule has 1 fully saturated rings. The van der Waals surface area contributed by atoms with Crippen LogP contribution in [0.5, 0.6) is 0 Å². The van der Waals surface area contributed by atoms with Gasteiger partial charge in [-0.1, -0.05) is 12.1 Å². The first-order chi connectivity index (χ1) is 15.6. The van der Waals surface area contributed by atoms with E-state index < -0.39 is 21.8 Å². The van der Waals surface area contributed by atoms with E-state index in [0.717, 1.165) is 29.2 Å². The summed E-state index contributed by atoms with van der Waals surface area (Å²) in [7, 11) is -3.93. The predicted molar refractivity (Wildman–Crippen MR) is 118 cm³/mol. The van der Waals surface area contributed by atoms with E-state index in [4.69, 9.17) is 5.26 Å². The van der Waals surface area contributed by atoms with Gasteiger partial charge in [0, 0.05) is 31.1 Å². The Kier molecular flexibility index (Phi) is 8.01. The summed E-state index contributed by atoms with van der Waals surface area (Å²) >= 11 is 1.31. The van der Waals surface area contributed by atoms with E-state index in [1.165, 1.54) is 16.1 Å². The smallest absolute Gasteiger partial charge is 0.324 e. The van der Waals surface area contributed by atoms with Crippen molar-refractivity contribution in [2.45, 2.75) is 16.0 Å². The summed E-state index contributed by atoms with van der Waals surface area (Å²) in [4.78, 5) is 14.9. The van der Waals surface area contributed by atoms with Gasteiger partial charge in [0.15, 0.2) is 0 Å². The summed E-state index contributed by atoms with van der Waals surface area (Å²) < 4.78 is 64.9. The quantitative estimate of drug-likeness (QED) is 0.589. The van der Waals surface area contributed by atoms with Gasteiger partial charge >= 0.3 is 6.18 Å². The zero-order valence-electron chi connectivity index (χ0n) is 17.4. The molecule has 0 aliphatic carbocycles. The average molecular weight is 499 g/mol. The molecule has 0 radical (unpaired) electrons. The monoisotopic (exact) mass is 498 g/mol. The van der Waals surface area contributed by atoms with E-state index >= 15 is 0 Å². The number of carbonyl (C=O) groups is 1. The molecule has 1 aliphatic heterocycles. The molecule has 2 aromatic carbocycles. The molecule has 176 valence electrons. The predicted octanol–water partition coefficient (Wildman–Crippen LogP) is 3.27. The molecule has 0 bridgehead atoms. The first-order valence-corrected chi connectivity index (χ1v) is 12.3. The lowest BCUT2D eigenvalue weighted by atomic mass is 10.2. The molecule has 7 nitrogen and oxygen atoms in total. The SMILES string of the molecule is N#CCSc1ccccc1NC(=O)CN1CCN(S(=O)(=O)c2ccc(C(F)(F)F)cc2)CC1. The molecule has 1 heterocycles. The van der Waals surface area contributed by atoms with Crippen LogP contribution in [0.15, 0.2) is 58.3 Å². The van der Waals surface area contributed by atoms with Crippen molar-refractivity contribution in [3.05, 3.63) is 54.1 Å². The number of benzene rings is 2. The molecule has 33 heavy (non-hydrogen) atoms. The minimum atomic E-state index is -4.54. The molecule has 0 saturated carbocycles. The van der Waals surface area contributed by atoms with Crippen LogP contribution in [0.1, 0.15) is 5.56 Å². The molecule has 1 aliphatic rings. The first-order valence-electron chi connectivity index (χ1n) is 9.89. The zero-order chi connectivity index (χ0) is 24.1. The van der Waals surface area contributed by atoms with Crippen LogP contribution < -0.4 is 5.32 Å². The molecule has 3 rings (SSSR count). The number of amides is 1. The molecule has 0 aromatic heterocycles. The van der Waals surface area contributed by atoms with Crippen LogP contribution in [-0.4, -0.2) is 62.0 Å². The summed E-state index contributed by atoms with van der Waals surface area (Å²) in [6.07, 6.45) is -4.54. The Balaban J connectivity index is 1.55. The Bertz CT molecular complexity index is 1120. The maximum absolute atomic E-state index is 12.8. The Morgan fingerprint density at radius 3 is 2.30 bits per heavy atom. The van der Waals surface area contributed by atoms with Gasteiger partial charge in [-0.2, -0.15) is 22.7 Å². The summed E-state index contributed by atoms with van der Waals surface area (Å²) in [5.74, 6) is -0.0125. The number of hydrogen-bond acceptors (Lipinski definition) is 6. The van der Waals surface area contributed by atoms with E-state index in [2.05, 4.69) is 5.32 Å². The Hall–Kier alpha value is -2.59. The summed E-state index contributed by atoms with van der Waals surface area (Å²) in [5.41, 5.74) is -0.309. The van der Waals surface area contributed by atoms with E-state index in [9.17, 15) is 26.4 Å². The van der Waals surface area contributed by atoms with Gasteiger partial charge in [-0.3, -0.25) is 9.69 Å². The van der Waals surface area contributed by atoms with Gasteiger partial charge in [-0.15, -0.1) is 11.8 Å². The summed E-state index contributed by atoms with van der Waals surface area (Å²) in [6, 6.07) is 12.6. The minimum Gasteiger partial charge on any atom is -0.324 e. The zero-order valence-corrected chi connectivity index (χ0v) is 19.0. The van der Waals surface area contributed by atoms with E-state index in [1.807, 2.05) is 18.2 Å². The maximum atomic E-state index is 12.8. The van der Waals surface area contributed by atoms with Crippen molar-refractivity contribution < 1.29 is 26.4 Å². The lowest BCUT2D eigenvalue weighted by Crippen LogP contribution is -2.50. The molecule has 12 heteroatoms. The number of carbonyl (C=O) groups excluding carboxylic acids is 1. The molecular weight excluding hydrogens is 477 g/mol. The summed E-state index contributed by atoms with van der Waals surface area (Å²) in [6.45, 7) is 0.901. The molecule has 0 atom stereocenters. The number of para-hydroxylation sites is 1. The number of hydrogen-bond donors (Lipinski definition) is 1. The third kappa shape index (κ3) is 6.48. The Morgan fingerprint density at radius 2 is 1.70 bits per heavy atom. The second-order valence-electron chi connectivity index (χ2n) is 7.19. The number of sulfonamides is 1. The number of nitrogens with zero attached hydrogens (tertiary/aromatic N) is 3. The van der Waals surface area contributed by atoms with Crippen molar-refractivity contribution in [3.63, 3.8) is 0 Å². The van der Waals surface area contributed by atoms with Crippen LogP contribution >= 0.6 is 11.8 Å². The highest BCUT2D eigenvalue weighted by Crippen LogP contribution is 2.30. The van der Waals surface area contributed by atoms with Crippen LogP contribution in [0.2, 0.25) is 0 Å². The van der Waals surface area contributed by atoms with Gasteiger partial charge in [-0.05, 0) is 36.4 Å². The van der Waals surface area contributed by atoms with Crippen LogP contribution in [0.25, 0.3) is 0 Å². The third-order valence-electron chi connectivity index (χ3n) is 4.97. The number of nitriles is 1. The number of rotatable bonds is 7. The number of piperazine rings is 1. The van der Waals surface area contributed by atoms with E-state index in [1.54, 1.807) is 17.0 Å². The van der Waals surface area contributed by atoms with Gasteiger partial charge in [0.05, 0.1) is 34.5 Å². The standard InChI is InChI=1S/C21H21F3N4O3S2/c22-21(23,24)16-5-7-17(8-6-16)33(30,31)28-12-10-27(11-13-28)15-20(29)26-18-3-1-2-4-19(18)32-14-9-25/h1-8H,10-15H2,(H,26,29). The molecule has 1 saturated heterocycles. The van der Waals surface area contributed by atoms with Gasteiger partial charge in [0.2, 0.25) is 15.9 Å². The molecule has 1 amide bonds. The van der Waals surface area contributed by atoms with Crippen LogP contribution in [0.4, 0.5) is 18.9 Å². The Labute approximate surface area is 194 Å². The van der Waals surface area contributed by atoms with E-state index in [0.29, 0.717) is 18.8 Å². The number of alkyl halides is 3. The number of nitrogens with one attached hydrogen (secondary N) is 1. The third-order valence-corrected chi connectivity index (χ3v) is 7.82. The second kappa shape index (κ2) is 10.6. The highest BCUT2D eigenvalue weighted by molar-refractivity contribution is 7.99. The minimum absolute atomic E-state index is 0.0609. The van der Waals surface area contributed by atoms with Crippen molar-refractivity contribution >= 4 is 33.4 Å². The maximum Gasteiger partial charge on any atom is 0.416 e. The topological polar surface area (TPSA) is 93.5 Å². The lowest BCUT2D eigenvalue weighted by Gasteiger charge is -2.33. The van der Waals surface area contributed by atoms with E-state index in [-0.39, 0.29) is 36.2 Å². The average Bonchev–Trinajstić information content (AvgIpc) is 2.78. The molecule has 0 spiro atoms. The highest BCUT2D eigenvalue weighted by atomic mass is 32.2. The number of anilines is 1. The van der Waals surface area contributed by atoms with Crippen LogP contribution in [-0.2, 0) is 21.0 Å². The largest absolute Gasteiger partial charge is 0.416 e. The van der Waals surface area contributed by atoms with Crippen LogP contribution in [0.3, 0.4) is 0 Å². The molecule has 0 unspecified atom stereocenters. The van der Waals surface area contributed by atoms with Gasteiger partial charge in [0.1, 0.15) is 0 Å². The van der Waals surface area contributed by atoms with Crippen molar-refractivity contribution in [3.8, 4) is 6.07 Å². The van der Waals surface area contributed by atoms with Crippen LogP contribution in [0, 0.1) is 11.3 Å². The fourth-order valence-corrected chi connectivity index (χ4v) is 5.38. The first kappa shape index (κ1) is 25.0. The normalized spacial score (nSPS) is 15.7. The van der Waals surface area contributed by atoms with Gasteiger partial charge in [-0.25, -0.2) is 8.42 Å². The second-order valence-corrected chi connectivity index (χ2v) is 10.1. The van der Waals surface area contributed by atoms with Crippen molar-refractivity contribution in [2.24, 2.45) is 0 Å². The molecular formula is C21H21F3N4O3S2. The molecule has 1 N–H and O–H groups in total. The van der Waals surface area contributed by atoms with Crippen molar-refractivity contribution in [1.82, 2.24) is 9.21 Å². The van der Waals surface area contributed by atoms with Gasteiger partial charge in [0.25, 0.3) is 0 Å². The van der Waals surface area contributed by atoms with Crippen molar-refractivity contribution in [1.29, 1.82) is 5.26 Å². The van der Waals surface area contributed by atoms with Crippen molar-refractivity contribution in [2.75, 3.05) is 43.8 Å². The fourth-order valence-electron chi connectivity index (χ4n) is 3.29. The number of halogens is 3. The highest BCUT2D eigenvalue weighted by Gasteiger charge is 2.32. The molecule has 2 aromatic rings. The lowest BCUT2D eigenvalue weighted by molar-refractivity contribution is -0.137. The Morgan fingerprint density at radius 1 is 1.06 bits per heavy atom. The van der Waals surface area contributed by atoms with Gasteiger partial charge < -0.3 is 5.32 Å². The fraction of sp³-hybridized carbons (Fsp3) is 0.333. The number of thioether (sulfide) groups is 1. The summed E-state index contributed by atoms with van der Waals surface area (Å²) in [5, 5.41) is 11.6.